The van der Waals surface area contributed by atoms with Gasteiger partial charge in [-0.1, -0.05) is 23.7 Å². The van der Waals surface area contributed by atoms with Crippen molar-refractivity contribution in [2.75, 3.05) is 0 Å². The first kappa shape index (κ1) is 20.0. The maximum atomic E-state index is 13.2. The molecule has 0 fully saturated rings. The lowest BCUT2D eigenvalue weighted by atomic mass is 10.1. The Morgan fingerprint density at radius 1 is 1.00 bits per heavy atom. The lowest BCUT2D eigenvalue weighted by Crippen LogP contribution is -2.16. The zero-order valence-corrected chi connectivity index (χ0v) is 17.1. The molecule has 4 aromatic rings. The average molecular weight is 440 g/mol. The van der Waals surface area contributed by atoms with Crippen LogP contribution in [0.2, 0.25) is 5.02 Å². The van der Waals surface area contributed by atoms with E-state index in [2.05, 4.69) is 4.99 Å². The summed E-state index contributed by atoms with van der Waals surface area (Å²) < 4.78 is 15.3. The molecule has 30 heavy (non-hydrogen) atoms. The van der Waals surface area contributed by atoms with Gasteiger partial charge in [0.2, 0.25) is 0 Å². The monoisotopic (exact) mass is 439 g/mol. The molecule has 150 valence electrons. The summed E-state index contributed by atoms with van der Waals surface area (Å²) in [5, 5.41) is 13.6. The molecule has 1 aromatic heterocycles. The molecule has 0 spiro atoms. The lowest BCUT2D eigenvalue weighted by Gasteiger charge is -2.10. The van der Waals surface area contributed by atoms with Crippen LogP contribution in [0.25, 0.3) is 11.3 Å². The van der Waals surface area contributed by atoms with E-state index in [4.69, 9.17) is 11.6 Å². The van der Waals surface area contributed by atoms with Crippen molar-refractivity contribution >= 4 is 34.3 Å². The van der Waals surface area contributed by atoms with E-state index in [-0.39, 0.29) is 11.5 Å². The number of hydrogen-bond acceptors (Lipinski definition) is 4. The molecule has 0 aliphatic carbocycles. The number of nitro benzene ring substituents is 1. The molecule has 3 aromatic carbocycles. The number of non-ortho nitro benzene ring substituents is 1. The van der Waals surface area contributed by atoms with Gasteiger partial charge in [0.15, 0.2) is 4.80 Å². The summed E-state index contributed by atoms with van der Waals surface area (Å²) in [7, 11) is 0. The number of nitro groups is 1. The summed E-state index contributed by atoms with van der Waals surface area (Å²) >= 11 is 7.45. The van der Waals surface area contributed by atoms with Crippen LogP contribution in [0.15, 0.2) is 83.2 Å². The van der Waals surface area contributed by atoms with Crippen LogP contribution in [0.4, 0.5) is 15.8 Å². The second kappa shape index (κ2) is 8.61. The second-order valence-corrected chi connectivity index (χ2v) is 7.78. The first-order valence-electron chi connectivity index (χ1n) is 8.97. The van der Waals surface area contributed by atoms with E-state index >= 15 is 0 Å². The molecule has 1 heterocycles. The normalized spacial score (nSPS) is 11.6. The Morgan fingerprint density at radius 3 is 2.30 bits per heavy atom. The fraction of sp³-hybridized carbons (Fsp3) is 0.0455. The maximum Gasteiger partial charge on any atom is 0.269 e. The molecule has 0 saturated carbocycles. The summed E-state index contributed by atoms with van der Waals surface area (Å²) in [6, 6.07) is 19.9. The van der Waals surface area contributed by atoms with Crippen molar-refractivity contribution in [3.8, 4) is 11.3 Å². The zero-order chi connectivity index (χ0) is 21.1. The molecule has 0 aliphatic rings. The Kier molecular flexibility index (Phi) is 5.74. The number of hydrogen-bond donors (Lipinski definition) is 0. The first-order valence-corrected chi connectivity index (χ1v) is 10.2. The van der Waals surface area contributed by atoms with E-state index in [0.29, 0.717) is 17.3 Å². The first-order chi connectivity index (χ1) is 14.5. The molecule has 8 heteroatoms. The Bertz CT molecular complexity index is 1250. The van der Waals surface area contributed by atoms with Crippen molar-refractivity contribution in [1.29, 1.82) is 0 Å². The lowest BCUT2D eigenvalue weighted by molar-refractivity contribution is -0.384. The van der Waals surface area contributed by atoms with E-state index in [1.54, 1.807) is 24.3 Å². The van der Waals surface area contributed by atoms with E-state index < -0.39 is 4.92 Å². The average Bonchev–Trinajstić information content (AvgIpc) is 3.13. The van der Waals surface area contributed by atoms with Gasteiger partial charge in [-0.2, -0.15) is 0 Å². The molecule has 4 rings (SSSR count). The van der Waals surface area contributed by atoms with Crippen LogP contribution < -0.4 is 4.80 Å². The minimum Gasteiger partial charge on any atom is -0.312 e. The summed E-state index contributed by atoms with van der Waals surface area (Å²) in [4.78, 5) is 15.9. The van der Waals surface area contributed by atoms with Crippen molar-refractivity contribution in [2.24, 2.45) is 4.99 Å². The van der Waals surface area contributed by atoms with Gasteiger partial charge in [0, 0.05) is 22.5 Å². The molecular weight excluding hydrogens is 425 g/mol. The number of benzene rings is 3. The molecular formula is C22H15ClFN3O2S. The molecule has 0 amide bonds. The maximum absolute atomic E-state index is 13.2. The molecule has 0 saturated heterocycles. The molecule has 5 nitrogen and oxygen atoms in total. The minimum atomic E-state index is -0.422. The number of halogens is 2. The summed E-state index contributed by atoms with van der Waals surface area (Å²) in [5.74, 6) is -0.319. The number of nitrogens with zero attached hydrogens (tertiary/aromatic N) is 3. The Labute approximate surface area is 180 Å². The van der Waals surface area contributed by atoms with Crippen LogP contribution in [0.3, 0.4) is 0 Å². The van der Waals surface area contributed by atoms with Gasteiger partial charge in [-0.25, -0.2) is 9.38 Å². The largest absolute Gasteiger partial charge is 0.312 e. The summed E-state index contributed by atoms with van der Waals surface area (Å²) in [5.41, 5.74) is 3.42. The third-order valence-electron chi connectivity index (χ3n) is 4.48. The van der Waals surface area contributed by atoms with Gasteiger partial charge in [0.25, 0.3) is 5.69 Å². The Hall–Kier alpha value is -3.29. The van der Waals surface area contributed by atoms with Crippen LogP contribution in [0, 0.1) is 15.9 Å². The van der Waals surface area contributed by atoms with Crippen molar-refractivity contribution in [3.63, 3.8) is 0 Å². The van der Waals surface area contributed by atoms with Crippen LogP contribution in [0.1, 0.15) is 5.56 Å². The van der Waals surface area contributed by atoms with E-state index in [0.717, 1.165) is 21.6 Å². The minimum absolute atomic E-state index is 0.0365. The highest BCUT2D eigenvalue weighted by molar-refractivity contribution is 7.07. The predicted octanol–water partition coefficient (Wildman–Crippen LogP) is 6.20. The van der Waals surface area contributed by atoms with Gasteiger partial charge >= 0.3 is 0 Å². The van der Waals surface area contributed by atoms with Crippen LogP contribution in [-0.2, 0) is 6.54 Å². The number of rotatable bonds is 5. The molecule has 0 atom stereocenters. The molecule has 0 radical (unpaired) electrons. The topological polar surface area (TPSA) is 60.4 Å². The van der Waals surface area contributed by atoms with Gasteiger partial charge in [0.1, 0.15) is 5.82 Å². The fourth-order valence-electron chi connectivity index (χ4n) is 2.95. The highest BCUT2D eigenvalue weighted by atomic mass is 35.5. The second-order valence-electron chi connectivity index (χ2n) is 6.51. The van der Waals surface area contributed by atoms with Crippen LogP contribution in [-0.4, -0.2) is 9.49 Å². The standard InChI is InChI=1S/C22H15ClFN3O2S/c23-17-5-1-15(2-6-17)13-26-21(16-3-11-20(12-4-16)27(28)29)14-30-22(26)25-19-9-7-18(24)8-10-19/h1-12,14H,13H2. The summed E-state index contributed by atoms with van der Waals surface area (Å²) in [6.07, 6.45) is 0. The number of aromatic nitrogens is 1. The SMILES string of the molecule is O=[N+]([O-])c1ccc(-c2csc(=Nc3ccc(F)cc3)n2Cc2ccc(Cl)cc2)cc1. The smallest absolute Gasteiger partial charge is 0.269 e. The highest BCUT2D eigenvalue weighted by Crippen LogP contribution is 2.25. The number of thiazole rings is 1. The van der Waals surface area contributed by atoms with Gasteiger partial charge in [-0.3, -0.25) is 10.1 Å². The van der Waals surface area contributed by atoms with Gasteiger partial charge in [0.05, 0.1) is 22.8 Å². The van der Waals surface area contributed by atoms with Gasteiger partial charge in [-0.15, -0.1) is 11.3 Å². The van der Waals surface area contributed by atoms with Crippen molar-refractivity contribution in [1.82, 2.24) is 4.57 Å². The molecule has 0 unspecified atom stereocenters. The van der Waals surface area contributed by atoms with Gasteiger partial charge < -0.3 is 4.57 Å². The van der Waals surface area contributed by atoms with Crippen molar-refractivity contribution in [2.45, 2.75) is 6.54 Å². The van der Waals surface area contributed by atoms with Gasteiger partial charge in [-0.05, 0) is 59.7 Å². The van der Waals surface area contributed by atoms with Crippen LogP contribution in [0.5, 0.6) is 0 Å². The summed E-state index contributed by atoms with van der Waals surface area (Å²) in [6.45, 7) is 0.535. The van der Waals surface area contributed by atoms with E-state index in [1.165, 1.54) is 35.6 Å². The Balaban J connectivity index is 1.81. The molecule has 0 N–H and O–H groups in total. The molecule has 0 aliphatic heterocycles. The van der Waals surface area contributed by atoms with E-state index in [1.807, 2.05) is 34.2 Å². The van der Waals surface area contributed by atoms with Crippen molar-refractivity contribution in [3.05, 3.63) is 109 Å². The fourth-order valence-corrected chi connectivity index (χ4v) is 4.01. The predicted molar refractivity (Wildman–Crippen MR) is 117 cm³/mol. The van der Waals surface area contributed by atoms with Crippen molar-refractivity contribution < 1.29 is 9.31 Å². The van der Waals surface area contributed by atoms with Crippen LogP contribution >= 0.6 is 22.9 Å². The highest BCUT2D eigenvalue weighted by Gasteiger charge is 2.11. The third-order valence-corrected chi connectivity index (χ3v) is 5.59. The quantitative estimate of drug-likeness (QED) is 0.274. The third kappa shape index (κ3) is 4.48. The zero-order valence-electron chi connectivity index (χ0n) is 15.5. The molecule has 0 bridgehead atoms. The Morgan fingerprint density at radius 2 is 1.67 bits per heavy atom. The van der Waals surface area contributed by atoms with E-state index in [9.17, 15) is 14.5 Å².